The molecule has 1 aliphatic heterocycles. The molecule has 1 atom stereocenters. The maximum atomic E-state index is 12.5. The van der Waals surface area contributed by atoms with Crippen molar-refractivity contribution in [1.29, 1.82) is 0 Å². The van der Waals surface area contributed by atoms with Gasteiger partial charge in [-0.2, -0.15) is 5.10 Å². The molecule has 3 aromatic rings. The molecule has 0 radical (unpaired) electrons. The molecule has 33 heavy (non-hydrogen) atoms. The van der Waals surface area contributed by atoms with Crippen molar-refractivity contribution in [3.63, 3.8) is 0 Å². The van der Waals surface area contributed by atoms with Crippen molar-refractivity contribution in [1.82, 2.24) is 19.7 Å². The summed E-state index contributed by atoms with van der Waals surface area (Å²) >= 11 is 7.41. The van der Waals surface area contributed by atoms with E-state index in [-0.39, 0.29) is 12.0 Å². The van der Waals surface area contributed by atoms with Crippen molar-refractivity contribution in [3.05, 3.63) is 57.3 Å². The van der Waals surface area contributed by atoms with E-state index in [1.54, 1.807) is 0 Å². The minimum absolute atomic E-state index is 0.0644. The molecule has 1 aliphatic rings. The van der Waals surface area contributed by atoms with Gasteiger partial charge in [0.2, 0.25) is 5.91 Å². The van der Waals surface area contributed by atoms with Gasteiger partial charge in [-0.3, -0.25) is 14.4 Å². The molecule has 176 valence electrons. The molecule has 8 nitrogen and oxygen atoms in total. The standard InChI is InChI=1S/C23H28ClN5O3S/c1-15-16(2)33-23(25-15)26-22(30)14-29-9-11-32-21(13-29)20-12-18(28(3)27-20)8-10-31-19-6-4-17(24)5-7-19/h4-7,12,21H,8-11,13-14H2,1-3H3,(H,25,26,30). The number of anilines is 1. The number of carbonyl (C=O) groups is 1. The lowest BCUT2D eigenvalue weighted by atomic mass is 10.2. The highest BCUT2D eigenvalue weighted by molar-refractivity contribution is 7.15. The zero-order valence-corrected chi connectivity index (χ0v) is 20.6. The highest BCUT2D eigenvalue weighted by Crippen LogP contribution is 2.24. The third-order valence-electron chi connectivity index (χ3n) is 5.56. The van der Waals surface area contributed by atoms with Crippen LogP contribution >= 0.6 is 22.9 Å². The summed E-state index contributed by atoms with van der Waals surface area (Å²) in [5, 5.41) is 8.89. The van der Waals surface area contributed by atoms with Crippen LogP contribution in [0.1, 0.15) is 28.1 Å². The second-order valence-electron chi connectivity index (χ2n) is 8.04. The average molecular weight is 490 g/mol. The summed E-state index contributed by atoms with van der Waals surface area (Å²) < 4.78 is 13.6. The summed E-state index contributed by atoms with van der Waals surface area (Å²) in [5.41, 5.74) is 2.88. The number of thiazole rings is 1. The van der Waals surface area contributed by atoms with Gasteiger partial charge in [-0.15, -0.1) is 11.3 Å². The Morgan fingerprint density at radius 3 is 2.85 bits per heavy atom. The molecule has 0 spiro atoms. The van der Waals surface area contributed by atoms with E-state index in [1.807, 2.05) is 49.8 Å². The number of nitrogens with zero attached hydrogens (tertiary/aromatic N) is 4. The first-order valence-electron chi connectivity index (χ1n) is 10.9. The van der Waals surface area contributed by atoms with Gasteiger partial charge in [0.05, 0.1) is 31.1 Å². The molecule has 1 N–H and O–H groups in total. The monoisotopic (exact) mass is 489 g/mol. The number of halogens is 1. The van der Waals surface area contributed by atoms with E-state index in [2.05, 4.69) is 26.4 Å². The lowest BCUT2D eigenvalue weighted by Crippen LogP contribution is -2.42. The van der Waals surface area contributed by atoms with Crippen LogP contribution in [0.5, 0.6) is 5.75 Å². The topological polar surface area (TPSA) is 81.5 Å². The van der Waals surface area contributed by atoms with Crippen molar-refractivity contribution < 1.29 is 14.3 Å². The van der Waals surface area contributed by atoms with Gasteiger partial charge in [0, 0.05) is 42.2 Å². The second kappa shape index (κ2) is 10.6. The maximum Gasteiger partial charge on any atom is 0.240 e. The van der Waals surface area contributed by atoms with Gasteiger partial charge >= 0.3 is 0 Å². The van der Waals surface area contributed by atoms with E-state index < -0.39 is 0 Å². The third kappa shape index (κ3) is 6.32. The summed E-state index contributed by atoms with van der Waals surface area (Å²) in [7, 11) is 1.92. The Hall–Kier alpha value is -2.46. The average Bonchev–Trinajstić information content (AvgIpc) is 3.30. The molecule has 0 saturated carbocycles. The predicted molar refractivity (Wildman–Crippen MR) is 129 cm³/mol. The lowest BCUT2D eigenvalue weighted by Gasteiger charge is -2.31. The van der Waals surface area contributed by atoms with Gasteiger partial charge in [-0.05, 0) is 44.2 Å². The van der Waals surface area contributed by atoms with Gasteiger partial charge in [-0.25, -0.2) is 4.98 Å². The smallest absolute Gasteiger partial charge is 0.240 e. The minimum atomic E-state index is -0.173. The first-order valence-corrected chi connectivity index (χ1v) is 12.1. The fourth-order valence-corrected chi connectivity index (χ4v) is 4.60. The van der Waals surface area contributed by atoms with Crippen molar-refractivity contribution in [2.24, 2.45) is 7.05 Å². The highest BCUT2D eigenvalue weighted by atomic mass is 35.5. The van der Waals surface area contributed by atoms with Crippen LogP contribution in [-0.2, 0) is 23.0 Å². The van der Waals surface area contributed by atoms with Crippen LogP contribution in [-0.4, -0.2) is 58.4 Å². The summed E-state index contributed by atoms with van der Waals surface area (Å²) in [6.45, 7) is 6.65. The molecule has 1 aromatic carbocycles. The van der Waals surface area contributed by atoms with Crippen LogP contribution in [0.25, 0.3) is 0 Å². The van der Waals surface area contributed by atoms with Crippen LogP contribution in [0.4, 0.5) is 5.13 Å². The number of ether oxygens (including phenoxy) is 2. The Morgan fingerprint density at radius 1 is 1.33 bits per heavy atom. The summed E-state index contributed by atoms with van der Waals surface area (Å²) in [6, 6.07) is 9.39. The molecule has 4 rings (SSSR count). The summed E-state index contributed by atoms with van der Waals surface area (Å²) in [6.07, 6.45) is 0.547. The molecular formula is C23H28ClN5O3S. The van der Waals surface area contributed by atoms with Gasteiger partial charge in [0.15, 0.2) is 5.13 Å². The zero-order valence-electron chi connectivity index (χ0n) is 19.0. The second-order valence-corrected chi connectivity index (χ2v) is 9.68. The van der Waals surface area contributed by atoms with Crippen LogP contribution < -0.4 is 10.1 Å². The first kappa shape index (κ1) is 23.7. The first-order chi connectivity index (χ1) is 15.9. The van der Waals surface area contributed by atoms with Crippen molar-refractivity contribution in [3.8, 4) is 5.75 Å². The molecule has 3 heterocycles. The van der Waals surface area contributed by atoms with E-state index >= 15 is 0 Å². The molecular weight excluding hydrogens is 462 g/mol. The molecule has 1 saturated heterocycles. The number of hydrogen-bond acceptors (Lipinski definition) is 7. The minimum Gasteiger partial charge on any atom is -0.493 e. The fraction of sp³-hybridized carbons (Fsp3) is 0.435. The molecule has 1 amide bonds. The van der Waals surface area contributed by atoms with E-state index in [4.69, 9.17) is 21.1 Å². The summed E-state index contributed by atoms with van der Waals surface area (Å²) in [4.78, 5) is 20.1. The van der Waals surface area contributed by atoms with E-state index in [9.17, 15) is 4.79 Å². The predicted octanol–water partition coefficient (Wildman–Crippen LogP) is 3.78. The fourth-order valence-electron chi connectivity index (χ4n) is 3.64. The molecule has 1 unspecified atom stereocenters. The number of nitrogens with one attached hydrogen (secondary N) is 1. The quantitative estimate of drug-likeness (QED) is 0.518. The van der Waals surface area contributed by atoms with Crippen LogP contribution in [0.3, 0.4) is 0 Å². The van der Waals surface area contributed by atoms with Crippen molar-refractivity contribution >= 4 is 34.0 Å². The maximum absolute atomic E-state index is 12.5. The van der Waals surface area contributed by atoms with Gasteiger partial charge in [0.25, 0.3) is 0 Å². The Morgan fingerprint density at radius 2 is 2.12 bits per heavy atom. The number of benzene rings is 1. The SMILES string of the molecule is Cc1nc(NC(=O)CN2CCOC(c3cc(CCOc4ccc(Cl)cc4)n(C)n3)C2)sc1C. The van der Waals surface area contributed by atoms with Crippen LogP contribution in [0.2, 0.25) is 5.02 Å². The zero-order chi connectivity index (χ0) is 23.4. The number of hydrogen-bond donors (Lipinski definition) is 1. The largest absolute Gasteiger partial charge is 0.493 e. The number of aryl methyl sites for hydroxylation is 3. The van der Waals surface area contributed by atoms with Gasteiger partial charge < -0.3 is 14.8 Å². The molecule has 10 heteroatoms. The highest BCUT2D eigenvalue weighted by Gasteiger charge is 2.26. The van der Waals surface area contributed by atoms with Crippen molar-refractivity contribution in [2.45, 2.75) is 26.4 Å². The van der Waals surface area contributed by atoms with Crippen LogP contribution in [0.15, 0.2) is 30.3 Å². The lowest BCUT2D eigenvalue weighted by molar-refractivity contribution is -0.119. The van der Waals surface area contributed by atoms with Crippen LogP contribution in [0, 0.1) is 13.8 Å². The van der Waals surface area contributed by atoms with E-state index in [1.165, 1.54) is 11.3 Å². The Balaban J connectivity index is 1.29. The molecule has 1 fully saturated rings. The molecule has 0 bridgehead atoms. The Bertz CT molecular complexity index is 1080. The number of amides is 1. The number of morpholine rings is 1. The van der Waals surface area contributed by atoms with E-state index in [0.29, 0.717) is 43.0 Å². The van der Waals surface area contributed by atoms with Crippen molar-refractivity contribution in [2.75, 3.05) is 38.2 Å². The normalized spacial score (nSPS) is 16.7. The number of carbonyl (C=O) groups excluding carboxylic acids is 1. The third-order valence-corrected chi connectivity index (χ3v) is 6.80. The molecule has 0 aliphatic carbocycles. The number of rotatable bonds is 8. The number of aromatic nitrogens is 3. The van der Waals surface area contributed by atoms with Gasteiger partial charge in [0.1, 0.15) is 11.9 Å². The summed E-state index contributed by atoms with van der Waals surface area (Å²) in [5.74, 6) is 0.722. The molecule has 2 aromatic heterocycles. The Labute approximate surface area is 202 Å². The van der Waals surface area contributed by atoms with E-state index in [0.717, 1.165) is 34.1 Å². The van der Waals surface area contributed by atoms with Gasteiger partial charge in [-0.1, -0.05) is 11.6 Å². The Kier molecular flexibility index (Phi) is 7.64.